The number of aromatic amines is 1. The molecule has 30 heavy (non-hydrogen) atoms. The van der Waals surface area contributed by atoms with Crippen LogP contribution >= 0.6 is 0 Å². The zero-order valence-electron chi connectivity index (χ0n) is 18.0. The summed E-state index contributed by atoms with van der Waals surface area (Å²) in [7, 11) is 0. The van der Waals surface area contributed by atoms with E-state index in [9.17, 15) is 4.79 Å². The summed E-state index contributed by atoms with van der Waals surface area (Å²) in [5, 5.41) is 7.80. The summed E-state index contributed by atoms with van der Waals surface area (Å²) in [5.41, 5.74) is 2.74. The number of para-hydroxylation sites is 1. The predicted octanol–water partition coefficient (Wildman–Crippen LogP) is 3.80. The van der Waals surface area contributed by atoms with E-state index in [1.54, 1.807) is 6.08 Å². The van der Waals surface area contributed by atoms with Gasteiger partial charge in [-0.3, -0.25) is 4.79 Å². The molecule has 1 aromatic heterocycles. The molecule has 2 fully saturated rings. The highest BCUT2D eigenvalue weighted by atomic mass is 16.1. The summed E-state index contributed by atoms with van der Waals surface area (Å²) < 4.78 is 0. The molecule has 0 saturated carbocycles. The summed E-state index contributed by atoms with van der Waals surface area (Å²) in [4.78, 5) is 18.0. The quantitative estimate of drug-likeness (QED) is 0.460. The maximum Gasteiger partial charge on any atom is 0.243 e. The van der Waals surface area contributed by atoms with E-state index in [2.05, 4.69) is 57.1 Å². The van der Waals surface area contributed by atoms with Crippen molar-refractivity contribution in [1.82, 2.24) is 20.5 Å². The molecule has 0 spiro atoms. The SMILES string of the molecule is O=C(/C=C\C1CCCNC1)NCCCCN1CCC(c2c[nH]c3ccccc23)CC1. The van der Waals surface area contributed by atoms with Gasteiger partial charge in [0.15, 0.2) is 0 Å². The number of carbonyl (C=O) groups excluding carboxylic acids is 1. The Labute approximate surface area is 180 Å². The number of benzene rings is 1. The number of H-pyrrole nitrogens is 1. The Hall–Kier alpha value is -2.11. The predicted molar refractivity (Wildman–Crippen MR) is 124 cm³/mol. The summed E-state index contributed by atoms with van der Waals surface area (Å²) in [6.45, 7) is 6.37. The van der Waals surface area contributed by atoms with E-state index in [0.29, 0.717) is 11.8 Å². The molecule has 162 valence electrons. The third-order valence-electron chi connectivity index (χ3n) is 6.70. The number of rotatable bonds is 8. The molecular weight excluding hydrogens is 372 g/mol. The first-order chi connectivity index (χ1) is 14.8. The van der Waals surface area contributed by atoms with Gasteiger partial charge < -0.3 is 20.5 Å². The van der Waals surface area contributed by atoms with Crippen LogP contribution in [0, 0.1) is 5.92 Å². The maximum absolute atomic E-state index is 12.0. The van der Waals surface area contributed by atoms with Crippen molar-refractivity contribution in [2.45, 2.75) is 44.4 Å². The lowest BCUT2D eigenvalue weighted by Crippen LogP contribution is -2.34. The first-order valence-electron chi connectivity index (χ1n) is 11.7. The normalized spacial score (nSPS) is 21.4. The zero-order chi connectivity index (χ0) is 20.6. The van der Waals surface area contributed by atoms with Crippen LogP contribution in [-0.4, -0.2) is 55.1 Å². The van der Waals surface area contributed by atoms with Crippen molar-refractivity contribution in [3.05, 3.63) is 48.2 Å². The number of piperidine rings is 2. The number of unbranched alkanes of at least 4 members (excludes halogenated alkanes) is 1. The van der Waals surface area contributed by atoms with E-state index < -0.39 is 0 Å². The molecular formula is C25H36N4O. The van der Waals surface area contributed by atoms with Crippen LogP contribution in [0.4, 0.5) is 0 Å². The second-order valence-corrected chi connectivity index (χ2v) is 8.87. The summed E-state index contributed by atoms with van der Waals surface area (Å²) in [6.07, 6.45) is 13.1. The van der Waals surface area contributed by atoms with Crippen LogP contribution in [0.5, 0.6) is 0 Å². The van der Waals surface area contributed by atoms with Gasteiger partial charge in [-0.05, 0) is 94.2 Å². The molecule has 0 bridgehead atoms. The van der Waals surface area contributed by atoms with Crippen LogP contribution in [0.25, 0.3) is 10.9 Å². The van der Waals surface area contributed by atoms with Crippen molar-refractivity contribution in [3.8, 4) is 0 Å². The number of carbonyl (C=O) groups is 1. The van der Waals surface area contributed by atoms with Crippen LogP contribution in [0.15, 0.2) is 42.6 Å². The van der Waals surface area contributed by atoms with Gasteiger partial charge >= 0.3 is 0 Å². The maximum atomic E-state index is 12.0. The molecule has 0 radical (unpaired) electrons. The van der Waals surface area contributed by atoms with Crippen molar-refractivity contribution < 1.29 is 4.79 Å². The molecule has 4 rings (SSSR count). The van der Waals surface area contributed by atoms with Gasteiger partial charge in [-0.2, -0.15) is 0 Å². The highest BCUT2D eigenvalue weighted by molar-refractivity contribution is 5.87. The molecule has 5 heteroatoms. The Balaban J connectivity index is 1.10. The third kappa shape index (κ3) is 5.73. The molecule has 1 amide bonds. The lowest BCUT2D eigenvalue weighted by Gasteiger charge is -2.32. The fraction of sp³-hybridized carbons (Fsp3) is 0.560. The topological polar surface area (TPSA) is 60.2 Å². The van der Waals surface area contributed by atoms with Crippen molar-refractivity contribution in [1.29, 1.82) is 0 Å². The van der Waals surface area contributed by atoms with Crippen LogP contribution in [0.3, 0.4) is 0 Å². The second-order valence-electron chi connectivity index (χ2n) is 8.87. The van der Waals surface area contributed by atoms with E-state index in [0.717, 1.165) is 39.0 Å². The van der Waals surface area contributed by atoms with Crippen LogP contribution in [0.1, 0.15) is 50.0 Å². The van der Waals surface area contributed by atoms with E-state index in [4.69, 9.17) is 0 Å². The lowest BCUT2D eigenvalue weighted by molar-refractivity contribution is -0.116. The molecule has 3 heterocycles. The molecule has 5 nitrogen and oxygen atoms in total. The molecule has 2 aromatic rings. The van der Waals surface area contributed by atoms with Gasteiger partial charge in [0.2, 0.25) is 5.91 Å². The van der Waals surface area contributed by atoms with Gasteiger partial charge in [-0.25, -0.2) is 0 Å². The van der Waals surface area contributed by atoms with Gasteiger partial charge in [-0.15, -0.1) is 0 Å². The number of hydrogen-bond donors (Lipinski definition) is 3. The molecule has 3 N–H and O–H groups in total. The van der Waals surface area contributed by atoms with Crippen LogP contribution < -0.4 is 10.6 Å². The number of aromatic nitrogens is 1. The molecule has 1 atom stereocenters. The average molecular weight is 409 g/mol. The molecule has 1 unspecified atom stereocenters. The number of likely N-dealkylation sites (tertiary alicyclic amines) is 1. The zero-order valence-corrected chi connectivity index (χ0v) is 18.0. The largest absolute Gasteiger partial charge is 0.361 e. The molecule has 2 saturated heterocycles. The van der Waals surface area contributed by atoms with Crippen molar-refractivity contribution in [2.75, 3.05) is 39.3 Å². The van der Waals surface area contributed by atoms with Crippen molar-refractivity contribution >= 4 is 16.8 Å². The molecule has 2 aliphatic heterocycles. The summed E-state index contributed by atoms with van der Waals surface area (Å²) in [6, 6.07) is 8.63. The Morgan fingerprint density at radius 1 is 1.17 bits per heavy atom. The average Bonchev–Trinajstić information content (AvgIpc) is 3.23. The number of hydrogen-bond acceptors (Lipinski definition) is 3. The van der Waals surface area contributed by atoms with E-state index in [-0.39, 0.29) is 5.91 Å². The van der Waals surface area contributed by atoms with Gasteiger partial charge in [0.05, 0.1) is 0 Å². The van der Waals surface area contributed by atoms with E-state index >= 15 is 0 Å². The highest BCUT2D eigenvalue weighted by Crippen LogP contribution is 2.33. The van der Waals surface area contributed by atoms with Crippen molar-refractivity contribution in [3.63, 3.8) is 0 Å². The minimum atomic E-state index is 0.0557. The first kappa shape index (κ1) is 21.1. The smallest absolute Gasteiger partial charge is 0.243 e. The van der Waals surface area contributed by atoms with E-state index in [1.807, 2.05) is 0 Å². The van der Waals surface area contributed by atoms with Gasteiger partial charge in [0.25, 0.3) is 0 Å². The van der Waals surface area contributed by atoms with Crippen LogP contribution in [0.2, 0.25) is 0 Å². The summed E-state index contributed by atoms with van der Waals surface area (Å²) >= 11 is 0. The fourth-order valence-electron chi connectivity index (χ4n) is 4.90. The summed E-state index contributed by atoms with van der Waals surface area (Å²) in [5.74, 6) is 1.24. The minimum absolute atomic E-state index is 0.0557. The molecule has 1 aromatic carbocycles. The standard InChI is InChI=1S/C25H36N4O/c30-25(10-9-20-6-5-13-26-18-20)27-14-3-4-15-29-16-11-21(12-17-29)23-19-28-24-8-2-1-7-22(23)24/h1-2,7-10,19-21,26,28H,3-6,11-18H2,(H,27,30)/b10-9-. The van der Waals surface area contributed by atoms with Crippen LogP contribution in [-0.2, 0) is 4.79 Å². The first-order valence-corrected chi connectivity index (χ1v) is 11.7. The molecule has 2 aliphatic rings. The van der Waals surface area contributed by atoms with Gasteiger partial charge in [-0.1, -0.05) is 24.3 Å². The Morgan fingerprint density at radius 3 is 2.87 bits per heavy atom. The van der Waals surface area contributed by atoms with Gasteiger partial charge in [0, 0.05) is 30.2 Å². The van der Waals surface area contributed by atoms with E-state index in [1.165, 1.54) is 55.2 Å². The number of nitrogens with zero attached hydrogens (tertiary/aromatic N) is 1. The molecule has 0 aliphatic carbocycles. The number of amides is 1. The Morgan fingerprint density at radius 2 is 2.03 bits per heavy atom. The van der Waals surface area contributed by atoms with Crippen molar-refractivity contribution in [2.24, 2.45) is 5.92 Å². The third-order valence-corrected chi connectivity index (χ3v) is 6.70. The minimum Gasteiger partial charge on any atom is -0.361 e. The Bertz CT molecular complexity index is 829. The second kappa shape index (κ2) is 10.8. The monoisotopic (exact) mass is 408 g/mol. The number of nitrogens with one attached hydrogen (secondary N) is 3. The van der Waals surface area contributed by atoms with Gasteiger partial charge in [0.1, 0.15) is 0 Å². The highest BCUT2D eigenvalue weighted by Gasteiger charge is 2.22. The Kier molecular flexibility index (Phi) is 7.59. The lowest BCUT2D eigenvalue weighted by atomic mass is 9.89. The number of fused-ring (bicyclic) bond motifs is 1. The fourth-order valence-corrected chi connectivity index (χ4v) is 4.90.